The van der Waals surface area contributed by atoms with E-state index >= 15 is 0 Å². The third-order valence-electron chi connectivity index (χ3n) is 3.74. The van der Waals surface area contributed by atoms with Gasteiger partial charge in [-0.1, -0.05) is 13.8 Å². The molecule has 1 aromatic carbocycles. The number of benzene rings is 1. The highest BCUT2D eigenvalue weighted by atomic mass is 19.1. The highest BCUT2D eigenvalue weighted by Gasteiger charge is 2.50. The molecule has 0 radical (unpaired) electrons. The maximum Gasteiger partial charge on any atom is 0.168 e. The fraction of sp³-hybridized carbons (Fsp3) is 0.357. The molecule has 1 N–H and O–H groups in total. The summed E-state index contributed by atoms with van der Waals surface area (Å²) in [6.45, 7) is 4.20. The van der Waals surface area contributed by atoms with E-state index in [1.165, 1.54) is 12.1 Å². The molecule has 1 heterocycles. The zero-order chi connectivity index (χ0) is 12.2. The molecule has 1 fully saturated rings. The molecule has 1 aliphatic carbocycles. The summed E-state index contributed by atoms with van der Waals surface area (Å²) in [4.78, 5) is 15.2. The lowest BCUT2D eigenvalue weighted by atomic mass is 10.0. The van der Waals surface area contributed by atoms with E-state index in [-0.39, 0.29) is 22.9 Å². The number of hydrogen-bond acceptors (Lipinski definition) is 1. The Morgan fingerprint density at radius 1 is 1.47 bits per heavy atom. The zero-order valence-corrected chi connectivity index (χ0v) is 9.88. The Kier molecular flexibility index (Phi) is 1.97. The normalized spacial score (nSPS) is 21.7. The third kappa shape index (κ3) is 1.57. The number of rotatable bonds is 2. The van der Waals surface area contributed by atoms with Gasteiger partial charge < -0.3 is 4.98 Å². The Hall–Kier alpha value is -1.64. The Labute approximate surface area is 98.8 Å². The first kappa shape index (κ1) is 10.5. The van der Waals surface area contributed by atoms with Crippen molar-refractivity contribution < 1.29 is 9.18 Å². The van der Waals surface area contributed by atoms with Crippen LogP contribution in [0, 0.1) is 17.2 Å². The maximum atomic E-state index is 13.0. The molecule has 1 unspecified atom stereocenters. The van der Waals surface area contributed by atoms with E-state index in [0.717, 1.165) is 11.8 Å². The van der Waals surface area contributed by atoms with Crippen LogP contribution in [0.3, 0.4) is 0 Å². The van der Waals surface area contributed by atoms with E-state index in [1.807, 2.05) is 0 Å². The molecule has 1 aliphatic rings. The summed E-state index contributed by atoms with van der Waals surface area (Å²) in [6, 6.07) is 4.49. The summed E-state index contributed by atoms with van der Waals surface area (Å²) in [5, 5.41) is 0.819. The molecule has 2 aromatic rings. The number of Topliss-reactive ketones (excluding diaryl/α,β-unsaturated/α-hetero) is 1. The minimum absolute atomic E-state index is 0.117. The summed E-state index contributed by atoms with van der Waals surface area (Å²) in [6.07, 6.45) is 2.64. The second-order valence-electron chi connectivity index (χ2n) is 5.50. The molecular formula is C14H14FNO. The number of ketones is 1. The van der Waals surface area contributed by atoms with Gasteiger partial charge in [0.2, 0.25) is 0 Å². The van der Waals surface area contributed by atoms with Gasteiger partial charge >= 0.3 is 0 Å². The molecule has 1 aromatic heterocycles. The largest absolute Gasteiger partial charge is 0.360 e. The molecule has 0 bridgehead atoms. The summed E-state index contributed by atoms with van der Waals surface area (Å²) in [7, 11) is 0. The summed E-state index contributed by atoms with van der Waals surface area (Å²) >= 11 is 0. The average Bonchev–Trinajstić information content (AvgIpc) is 2.72. The van der Waals surface area contributed by atoms with Crippen LogP contribution < -0.4 is 0 Å². The molecule has 1 atom stereocenters. The van der Waals surface area contributed by atoms with Gasteiger partial charge in [-0.3, -0.25) is 4.79 Å². The first-order valence-corrected chi connectivity index (χ1v) is 5.80. The van der Waals surface area contributed by atoms with Crippen LogP contribution in [0.5, 0.6) is 0 Å². The van der Waals surface area contributed by atoms with Gasteiger partial charge in [0.05, 0.1) is 0 Å². The third-order valence-corrected chi connectivity index (χ3v) is 3.74. The van der Waals surface area contributed by atoms with Crippen LogP contribution in [0.25, 0.3) is 10.9 Å². The van der Waals surface area contributed by atoms with E-state index in [4.69, 9.17) is 0 Å². The smallest absolute Gasteiger partial charge is 0.168 e. The van der Waals surface area contributed by atoms with Crippen LogP contribution in [0.2, 0.25) is 0 Å². The van der Waals surface area contributed by atoms with Crippen molar-refractivity contribution in [3.63, 3.8) is 0 Å². The average molecular weight is 231 g/mol. The second kappa shape index (κ2) is 3.19. The monoisotopic (exact) mass is 231 g/mol. The lowest BCUT2D eigenvalue weighted by Gasteiger charge is -2.01. The molecule has 3 rings (SSSR count). The molecule has 88 valence electrons. The number of carbonyl (C=O) groups is 1. The maximum absolute atomic E-state index is 13.0. The highest BCUT2D eigenvalue weighted by molar-refractivity contribution is 6.10. The van der Waals surface area contributed by atoms with Gasteiger partial charge in [-0.2, -0.15) is 0 Å². The Bertz CT molecular complexity index is 612. The molecule has 2 nitrogen and oxygen atoms in total. The molecule has 3 heteroatoms. The first-order valence-electron chi connectivity index (χ1n) is 5.80. The minimum atomic E-state index is -0.287. The van der Waals surface area contributed by atoms with Crippen LogP contribution in [0.4, 0.5) is 4.39 Å². The number of H-pyrrole nitrogens is 1. The summed E-state index contributed by atoms with van der Waals surface area (Å²) < 4.78 is 13.0. The van der Waals surface area contributed by atoms with Crippen molar-refractivity contribution in [3.05, 3.63) is 35.8 Å². The van der Waals surface area contributed by atoms with E-state index in [2.05, 4.69) is 18.8 Å². The lowest BCUT2D eigenvalue weighted by molar-refractivity contribution is 0.0955. The van der Waals surface area contributed by atoms with E-state index in [1.54, 1.807) is 12.3 Å². The molecule has 0 aliphatic heterocycles. The lowest BCUT2D eigenvalue weighted by Crippen LogP contribution is -2.05. The fourth-order valence-electron chi connectivity index (χ4n) is 2.40. The Balaban J connectivity index is 2.04. The van der Waals surface area contributed by atoms with Crippen molar-refractivity contribution in [2.75, 3.05) is 0 Å². The molecule has 1 saturated carbocycles. The van der Waals surface area contributed by atoms with Crippen LogP contribution >= 0.6 is 0 Å². The van der Waals surface area contributed by atoms with Gasteiger partial charge in [-0.05, 0) is 30.0 Å². The number of aromatic amines is 1. The van der Waals surface area contributed by atoms with Crippen LogP contribution in [0.15, 0.2) is 24.4 Å². The quantitative estimate of drug-likeness (QED) is 0.788. The summed E-state index contributed by atoms with van der Waals surface area (Å²) in [5.74, 6) is 0.00418. The highest BCUT2D eigenvalue weighted by Crippen LogP contribution is 2.53. The topological polar surface area (TPSA) is 32.9 Å². The standard InChI is InChI=1S/C14H14FNO/c1-14(2)6-11(14)13(17)10-7-16-12-5-8(15)3-4-9(10)12/h3-5,7,11,16H,6H2,1-2H3. The molecule has 0 amide bonds. The molecular weight excluding hydrogens is 217 g/mol. The van der Waals surface area contributed by atoms with Crippen molar-refractivity contribution in [2.45, 2.75) is 20.3 Å². The van der Waals surface area contributed by atoms with Crippen LogP contribution in [-0.4, -0.2) is 10.8 Å². The van der Waals surface area contributed by atoms with Gasteiger partial charge in [0, 0.05) is 28.6 Å². The van der Waals surface area contributed by atoms with Crippen molar-refractivity contribution >= 4 is 16.7 Å². The number of aromatic nitrogens is 1. The fourth-order valence-corrected chi connectivity index (χ4v) is 2.40. The molecule has 0 spiro atoms. The van der Waals surface area contributed by atoms with Gasteiger partial charge in [-0.15, -0.1) is 0 Å². The van der Waals surface area contributed by atoms with Gasteiger partial charge in [0.15, 0.2) is 5.78 Å². The van der Waals surface area contributed by atoms with Crippen LogP contribution in [0.1, 0.15) is 30.6 Å². The number of fused-ring (bicyclic) bond motifs is 1. The molecule has 0 saturated heterocycles. The number of halogens is 1. The zero-order valence-electron chi connectivity index (χ0n) is 9.88. The van der Waals surface area contributed by atoms with Gasteiger partial charge in [-0.25, -0.2) is 4.39 Å². The number of nitrogens with one attached hydrogen (secondary N) is 1. The van der Waals surface area contributed by atoms with E-state index in [0.29, 0.717) is 11.1 Å². The summed E-state index contributed by atoms with van der Waals surface area (Å²) in [5.41, 5.74) is 1.50. The van der Waals surface area contributed by atoms with E-state index < -0.39 is 0 Å². The second-order valence-corrected chi connectivity index (χ2v) is 5.50. The van der Waals surface area contributed by atoms with Crippen molar-refractivity contribution in [3.8, 4) is 0 Å². The number of hydrogen-bond donors (Lipinski definition) is 1. The van der Waals surface area contributed by atoms with Gasteiger partial charge in [0.1, 0.15) is 5.82 Å². The Morgan fingerprint density at radius 3 is 2.82 bits per heavy atom. The molecule has 17 heavy (non-hydrogen) atoms. The minimum Gasteiger partial charge on any atom is -0.360 e. The van der Waals surface area contributed by atoms with Crippen molar-refractivity contribution in [1.82, 2.24) is 4.98 Å². The first-order chi connectivity index (χ1) is 7.99. The van der Waals surface area contributed by atoms with Gasteiger partial charge in [0.25, 0.3) is 0 Å². The van der Waals surface area contributed by atoms with Crippen LogP contribution in [-0.2, 0) is 0 Å². The predicted molar refractivity (Wildman–Crippen MR) is 64.5 cm³/mol. The number of carbonyl (C=O) groups excluding carboxylic acids is 1. The van der Waals surface area contributed by atoms with Crippen molar-refractivity contribution in [2.24, 2.45) is 11.3 Å². The van der Waals surface area contributed by atoms with Crippen molar-refractivity contribution in [1.29, 1.82) is 0 Å². The Morgan fingerprint density at radius 2 is 2.18 bits per heavy atom. The SMILES string of the molecule is CC1(C)CC1C(=O)c1c[nH]c2cc(F)ccc12. The van der Waals surface area contributed by atoms with E-state index in [9.17, 15) is 9.18 Å². The predicted octanol–water partition coefficient (Wildman–Crippen LogP) is 3.54.